The number of hydrogen-bond acceptors (Lipinski definition) is 6. The molecule has 0 radical (unpaired) electrons. The summed E-state index contributed by atoms with van der Waals surface area (Å²) in [6.07, 6.45) is 5.81. The second kappa shape index (κ2) is 10.0. The standard InChI is InChI=1S/C28H33N5O2S/c1-17-7-10-23(15-24(17)21-11-13-22(14-12-21)25(29)34)26(35)32(16-20-8-9-20)27-30-31-28(36-27)33-18(2)5-4-6-19(33)3/h7,10-15,18-20H,4-6,8-9,16H2,1-3H3,(H2,29,34)/t18-,19+. The van der Waals surface area contributed by atoms with Crippen molar-refractivity contribution in [3.05, 3.63) is 59.2 Å². The number of nitrogens with zero attached hydrogens (tertiary/aromatic N) is 4. The number of nitrogens with two attached hydrogens (primary N) is 1. The third-order valence-corrected chi connectivity index (χ3v) is 8.36. The summed E-state index contributed by atoms with van der Waals surface area (Å²) >= 11 is 1.52. The van der Waals surface area contributed by atoms with E-state index in [1.807, 2.05) is 42.2 Å². The minimum atomic E-state index is -0.456. The zero-order valence-corrected chi connectivity index (χ0v) is 21.9. The van der Waals surface area contributed by atoms with Crippen LogP contribution in [0, 0.1) is 12.8 Å². The molecule has 7 nitrogen and oxygen atoms in total. The molecule has 2 aliphatic rings. The molecule has 1 saturated carbocycles. The van der Waals surface area contributed by atoms with Crippen molar-refractivity contribution >= 4 is 33.4 Å². The van der Waals surface area contributed by atoms with Crippen LogP contribution in [0.5, 0.6) is 0 Å². The third-order valence-electron chi connectivity index (χ3n) is 7.40. The van der Waals surface area contributed by atoms with E-state index >= 15 is 0 Å². The molecule has 0 unspecified atom stereocenters. The van der Waals surface area contributed by atoms with E-state index in [2.05, 4.69) is 28.9 Å². The van der Waals surface area contributed by atoms with Gasteiger partial charge in [-0.05, 0) is 99.7 Å². The highest BCUT2D eigenvalue weighted by molar-refractivity contribution is 7.19. The van der Waals surface area contributed by atoms with Crippen LogP contribution in [0.1, 0.15) is 72.2 Å². The van der Waals surface area contributed by atoms with Gasteiger partial charge >= 0.3 is 0 Å². The Morgan fingerprint density at radius 3 is 2.31 bits per heavy atom. The number of carbonyl (C=O) groups excluding carboxylic acids is 2. The molecule has 2 amide bonds. The lowest BCUT2D eigenvalue weighted by molar-refractivity contribution is 0.0982. The highest BCUT2D eigenvalue weighted by atomic mass is 32.1. The molecule has 0 bridgehead atoms. The van der Waals surface area contributed by atoms with Crippen LogP contribution < -0.4 is 15.5 Å². The summed E-state index contributed by atoms with van der Waals surface area (Å²) < 4.78 is 0. The minimum Gasteiger partial charge on any atom is -0.366 e. The van der Waals surface area contributed by atoms with Crippen molar-refractivity contribution in [1.82, 2.24) is 10.2 Å². The highest BCUT2D eigenvalue weighted by Crippen LogP contribution is 2.37. The van der Waals surface area contributed by atoms with E-state index in [0.29, 0.717) is 40.8 Å². The summed E-state index contributed by atoms with van der Waals surface area (Å²) in [6, 6.07) is 13.8. The number of benzene rings is 2. The average Bonchev–Trinajstić information content (AvgIpc) is 3.57. The van der Waals surface area contributed by atoms with Gasteiger partial charge in [0.15, 0.2) is 0 Å². The molecule has 2 N–H and O–H groups in total. The summed E-state index contributed by atoms with van der Waals surface area (Å²) in [4.78, 5) is 29.5. The predicted molar refractivity (Wildman–Crippen MR) is 145 cm³/mol. The Kier molecular flexibility index (Phi) is 6.79. The Hall–Kier alpha value is -3.26. The first-order valence-corrected chi connectivity index (χ1v) is 13.6. The number of aryl methyl sites for hydroxylation is 1. The van der Waals surface area contributed by atoms with E-state index in [0.717, 1.165) is 47.5 Å². The van der Waals surface area contributed by atoms with Crippen LogP contribution in [0.25, 0.3) is 11.1 Å². The van der Waals surface area contributed by atoms with Crippen LogP contribution in [0.2, 0.25) is 0 Å². The van der Waals surface area contributed by atoms with Gasteiger partial charge in [-0.25, -0.2) is 0 Å². The second-order valence-electron chi connectivity index (χ2n) is 10.2. The largest absolute Gasteiger partial charge is 0.366 e. The minimum absolute atomic E-state index is 0.0562. The number of amides is 2. The molecule has 1 aliphatic carbocycles. The summed E-state index contributed by atoms with van der Waals surface area (Å²) in [5.74, 6) is 0.00225. The molecular weight excluding hydrogens is 470 g/mol. The second-order valence-corrected chi connectivity index (χ2v) is 11.2. The summed E-state index contributed by atoms with van der Waals surface area (Å²) in [5.41, 5.74) is 9.42. The van der Waals surface area contributed by atoms with Crippen molar-refractivity contribution in [2.45, 2.75) is 65.0 Å². The molecular formula is C28H33N5O2S. The molecule has 36 heavy (non-hydrogen) atoms. The molecule has 5 rings (SSSR count). The first-order chi connectivity index (χ1) is 17.3. The topological polar surface area (TPSA) is 92.4 Å². The van der Waals surface area contributed by atoms with Crippen LogP contribution in [0.3, 0.4) is 0 Å². The van der Waals surface area contributed by atoms with Crippen LogP contribution in [0.15, 0.2) is 42.5 Å². The maximum Gasteiger partial charge on any atom is 0.260 e. The van der Waals surface area contributed by atoms with E-state index in [-0.39, 0.29) is 5.91 Å². The van der Waals surface area contributed by atoms with Gasteiger partial charge in [-0.1, -0.05) is 29.5 Å². The molecule has 8 heteroatoms. The van der Waals surface area contributed by atoms with Gasteiger partial charge in [0.2, 0.25) is 16.2 Å². The molecule has 2 heterocycles. The van der Waals surface area contributed by atoms with Gasteiger partial charge in [0, 0.05) is 29.8 Å². The fourth-order valence-electron chi connectivity index (χ4n) is 5.06. The molecule has 3 aromatic rings. The maximum atomic E-state index is 13.9. The fraction of sp³-hybridized carbons (Fsp3) is 0.429. The Labute approximate surface area is 216 Å². The van der Waals surface area contributed by atoms with Gasteiger partial charge in [0.1, 0.15) is 0 Å². The van der Waals surface area contributed by atoms with Crippen molar-refractivity contribution in [2.24, 2.45) is 11.7 Å². The van der Waals surface area contributed by atoms with Crippen molar-refractivity contribution in [2.75, 3.05) is 16.3 Å². The molecule has 188 valence electrons. The number of rotatable bonds is 7. The molecule has 1 aliphatic heterocycles. The molecule has 2 atom stereocenters. The van der Waals surface area contributed by atoms with Gasteiger partial charge in [0.05, 0.1) is 0 Å². The van der Waals surface area contributed by atoms with Crippen molar-refractivity contribution in [3.8, 4) is 11.1 Å². The predicted octanol–water partition coefficient (Wildman–Crippen LogP) is 5.44. The Morgan fingerprint density at radius 1 is 1.00 bits per heavy atom. The van der Waals surface area contributed by atoms with Crippen molar-refractivity contribution in [1.29, 1.82) is 0 Å². The molecule has 1 saturated heterocycles. The Morgan fingerprint density at radius 2 is 1.67 bits per heavy atom. The van der Waals surface area contributed by atoms with Crippen LogP contribution in [-0.4, -0.2) is 40.6 Å². The van der Waals surface area contributed by atoms with Gasteiger partial charge < -0.3 is 10.6 Å². The molecule has 1 aromatic heterocycles. The van der Waals surface area contributed by atoms with Gasteiger partial charge in [-0.2, -0.15) is 0 Å². The zero-order chi connectivity index (χ0) is 25.4. The smallest absolute Gasteiger partial charge is 0.260 e. The SMILES string of the molecule is Cc1ccc(C(=O)N(CC2CC2)c2nnc(N3[C@H](C)CCC[C@@H]3C)s2)cc1-c1ccc(C(N)=O)cc1. The zero-order valence-electron chi connectivity index (χ0n) is 21.1. The Balaban J connectivity index is 1.44. The number of aromatic nitrogens is 2. The summed E-state index contributed by atoms with van der Waals surface area (Å²) in [6.45, 7) is 7.17. The summed E-state index contributed by atoms with van der Waals surface area (Å²) in [5, 5.41) is 10.6. The van der Waals surface area contributed by atoms with Crippen LogP contribution >= 0.6 is 11.3 Å². The van der Waals surface area contributed by atoms with Gasteiger partial charge in [-0.3, -0.25) is 14.5 Å². The number of carbonyl (C=O) groups is 2. The Bertz CT molecular complexity index is 1260. The van der Waals surface area contributed by atoms with E-state index in [9.17, 15) is 9.59 Å². The van der Waals surface area contributed by atoms with E-state index in [1.54, 1.807) is 12.1 Å². The van der Waals surface area contributed by atoms with Crippen molar-refractivity contribution in [3.63, 3.8) is 0 Å². The number of hydrogen-bond donors (Lipinski definition) is 1. The van der Waals surface area contributed by atoms with Gasteiger partial charge in [0.25, 0.3) is 5.91 Å². The highest BCUT2D eigenvalue weighted by Gasteiger charge is 2.33. The van der Waals surface area contributed by atoms with E-state index in [1.165, 1.54) is 17.8 Å². The lowest BCUT2D eigenvalue weighted by Crippen LogP contribution is -2.43. The first kappa shape index (κ1) is 24.4. The molecule has 0 spiro atoms. The lowest BCUT2D eigenvalue weighted by Gasteiger charge is -2.38. The van der Waals surface area contributed by atoms with E-state index < -0.39 is 5.91 Å². The number of piperidine rings is 1. The van der Waals surface area contributed by atoms with E-state index in [4.69, 9.17) is 5.73 Å². The average molecular weight is 504 g/mol. The lowest BCUT2D eigenvalue weighted by atomic mass is 9.96. The van der Waals surface area contributed by atoms with Crippen LogP contribution in [0.4, 0.5) is 10.3 Å². The maximum absolute atomic E-state index is 13.9. The molecule has 2 fully saturated rings. The number of anilines is 2. The third kappa shape index (κ3) is 5.00. The molecule has 2 aromatic carbocycles. The van der Waals surface area contributed by atoms with Crippen molar-refractivity contribution < 1.29 is 9.59 Å². The first-order valence-electron chi connectivity index (χ1n) is 12.8. The monoisotopic (exact) mass is 503 g/mol. The summed E-state index contributed by atoms with van der Waals surface area (Å²) in [7, 11) is 0. The quantitative estimate of drug-likeness (QED) is 0.464. The van der Waals surface area contributed by atoms with Gasteiger partial charge in [-0.15, -0.1) is 10.2 Å². The number of primary amides is 1. The van der Waals surface area contributed by atoms with Crippen LogP contribution in [-0.2, 0) is 0 Å². The fourth-order valence-corrected chi connectivity index (χ4v) is 6.12. The normalized spacial score (nSPS) is 19.8.